The lowest BCUT2D eigenvalue weighted by molar-refractivity contribution is 0.0433. The zero-order chi connectivity index (χ0) is 9.42. The molecule has 1 atom stereocenters. The van der Waals surface area contributed by atoms with Gasteiger partial charge in [-0.2, -0.15) is 0 Å². The fourth-order valence-electron chi connectivity index (χ4n) is 1.56. The van der Waals surface area contributed by atoms with Gasteiger partial charge in [0.15, 0.2) is 5.78 Å². The molecule has 1 unspecified atom stereocenters. The number of carbonyl (C=O) groups excluding carboxylic acids is 1. The Balaban J connectivity index is 2.63. The maximum atomic E-state index is 11.4. The maximum Gasteiger partial charge on any atom is 0.188 e. The number of hydrogen-bond acceptors (Lipinski definition) is 2. The summed E-state index contributed by atoms with van der Waals surface area (Å²) in [6.45, 7) is 2.15. The first kappa shape index (κ1) is 8.91. The summed E-state index contributed by atoms with van der Waals surface area (Å²) >= 11 is 3.42. The van der Waals surface area contributed by atoms with Gasteiger partial charge in [0.25, 0.3) is 0 Å². The second kappa shape index (κ2) is 3.24. The van der Waals surface area contributed by atoms with Crippen LogP contribution in [0.15, 0.2) is 22.7 Å². The first-order chi connectivity index (χ1) is 6.20. The van der Waals surface area contributed by atoms with Crippen LogP contribution in [0, 0.1) is 0 Å². The third kappa shape index (κ3) is 1.42. The Labute approximate surface area is 85.0 Å². The number of rotatable bonds is 0. The van der Waals surface area contributed by atoms with Gasteiger partial charge in [-0.3, -0.25) is 4.79 Å². The molecular weight excluding hydrogens is 232 g/mol. The van der Waals surface area contributed by atoms with Crippen LogP contribution in [-0.2, 0) is 4.74 Å². The largest absolute Gasteiger partial charge is 0.366 e. The monoisotopic (exact) mass is 240 g/mol. The van der Waals surface area contributed by atoms with Crippen molar-refractivity contribution >= 4 is 21.7 Å². The average molecular weight is 241 g/mol. The zero-order valence-corrected chi connectivity index (χ0v) is 8.80. The summed E-state index contributed by atoms with van der Waals surface area (Å²) in [5.74, 6) is 0.0643. The third-order valence-corrected chi connectivity index (χ3v) is 2.92. The molecule has 0 aromatic heterocycles. The van der Waals surface area contributed by atoms with Crippen LogP contribution in [0.1, 0.15) is 28.9 Å². The Kier molecular flexibility index (Phi) is 2.22. The number of Topliss-reactive ketones (excluding diaryl/α,β-unsaturated/α-hetero) is 1. The summed E-state index contributed by atoms with van der Waals surface area (Å²) in [6.07, 6.45) is 0.00303. The van der Waals surface area contributed by atoms with Crippen LogP contribution in [0.5, 0.6) is 0 Å². The molecule has 0 bridgehead atoms. The maximum absolute atomic E-state index is 11.4. The average Bonchev–Trinajstić information content (AvgIpc) is 2.12. The molecule has 0 saturated heterocycles. The molecule has 2 rings (SSSR count). The summed E-state index contributed by atoms with van der Waals surface area (Å²) in [5.41, 5.74) is 1.76. The van der Waals surface area contributed by atoms with E-state index in [4.69, 9.17) is 4.74 Å². The van der Waals surface area contributed by atoms with Crippen molar-refractivity contribution in [3.05, 3.63) is 33.8 Å². The van der Waals surface area contributed by atoms with E-state index in [2.05, 4.69) is 15.9 Å². The molecule has 68 valence electrons. The van der Waals surface area contributed by atoms with Crippen molar-refractivity contribution in [1.29, 1.82) is 0 Å². The topological polar surface area (TPSA) is 26.3 Å². The molecule has 0 amide bonds. The molecule has 1 heterocycles. The van der Waals surface area contributed by atoms with Gasteiger partial charge in [0.2, 0.25) is 0 Å². The van der Waals surface area contributed by atoms with E-state index in [9.17, 15) is 4.79 Å². The lowest BCUT2D eigenvalue weighted by Crippen LogP contribution is -2.21. The highest BCUT2D eigenvalue weighted by Crippen LogP contribution is 2.32. The lowest BCUT2D eigenvalue weighted by Gasteiger charge is -2.22. The molecule has 1 aliphatic rings. The fraction of sp³-hybridized carbons (Fsp3) is 0.300. The van der Waals surface area contributed by atoms with E-state index < -0.39 is 0 Å². The van der Waals surface area contributed by atoms with E-state index in [0.29, 0.717) is 0 Å². The summed E-state index contributed by atoms with van der Waals surface area (Å²) in [4.78, 5) is 11.4. The smallest absolute Gasteiger partial charge is 0.188 e. The molecule has 1 aromatic carbocycles. The van der Waals surface area contributed by atoms with Crippen molar-refractivity contribution < 1.29 is 9.53 Å². The third-order valence-electron chi connectivity index (χ3n) is 2.22. The molecule has 0 spiro atoms. The van der Waals surface area contributed by atoms with Crippen LogP contribution in [0.25, 0.3) is 0 Å². The summed E-state index contributed by atoms with van der Waals surface area (Å²) < 4.78 is 6.27. The molecule has 0 fully saturated rings. The van der Waals surface area contributed by atoms with Crippen molar-refractivity contribution in [2.24, 2.45) is 0 Å². The number of benzene rings is 1. The van der Waals surface area contributed by atoms with E-state index in [0.717, 1.165) is 15.6 Å². The van der Waals surface area contributed by atoms with Crippen molar-refractivity contribution in [2.75, 3.05) is 6.61 Å². The van der Waals surface area contributed by atoms with E-state index in [1.165, 1.54) is 0 Å². The quantitative estimate of drug-likeness (QED) is 0.698. The van der Waals surface area contributed by atoms with E-state index in [1.54, 1.807) is 0 Å². The Bertz CT molecular complexity index is 360. The number of carbonyl (C=O) groups is 1. The van der Waals surface area contributed by atoms with Crippen LogP contribution in [0.2, 0.25) is 0 Å². The number of hydrogen-bond donors (Lipinski definition) is 0. The second-order valence-electron chi connectivity index (χ2n) is 3.08. The van der Waals surface area contributed by atoms with E-state index >= 15 is 0 Å². The van der Waals surface area contributed by atoms with Gasteiger partial charge in [-0.15, -0.1) is 0 Å². The van der Waals surface area contributed by atoms with Crippen LogP contribution in [0.4, 0.5) is 0 Å². The lowest BCUT2D eigenvalue weighted by atomic mass is 9.98. The number of ether oxygens (including phenoxy) is 1. The van der Waals surface area contributed by atoms with Gasteiger partial charge >= 0.3 is 0 Å². The Morgan fingerprint density at radius 1 is 1.54 bits per heavy atom. The van der Waals surface area contributed by atoms with E-state index in [1.807, 2.05) is 25.1 Å². The van der Waals surface area contributed by atoms with Gasteiger partial charge in [0.05, 0.1) is 6.10 Å². The summed E-state index contributed by atoms with van der Waals surface area (Å²) in [7, 11) is 0. The van der Waals surface area contributed by atoms with Crippen molar-refractivity contribution in [1.82, 2.24) is 0 Å². The Morgan fingerprint density at radius 2 is 2.31 bits per heavy atom. The Morgan fingerprint density at radius 3 is 3.00 bits per heavy atom. The van der Waals surface area contributed by atoms with Gasteiger partial charge in [-0.25, -0.2) is 0 Å². The standard InChI is InChI=1S/C10H9BrO2/c1-6-10-7(9(12)5-13-6)3-2-4-8(10)11/h2-4,6H,5H2,1H3. The predicted molar refractivity (Wildman–Crippen MR) is 52.8 cm³/mol. The minimum absolute atomic E-state index is 0.00303. The predicted octanol–water partition coefficient (Wildman–Crippen LogP) is 2.72. The fourth-order valence-corrected chi connectivity index (χ4v) is 2.24. The van der Waals surface area contributed by atoms with Crippen LogP contribution in [-0.4, -0.2) is 12.4 Å². The molecule has 0 radical (unpaired) electrons. The van der Waals surface area contributed by atoms with Gasteiger partial charge in [0.1, 0.15) is 6.61 Å². The first-order valence-electron chi connectivity index (χ1n) is 4.13. The van der Waals surface area contributed by atoms with Crippen LogP contribution in [0.3, 0.4) is 0 Å². The Hall–Kier alpha value is -0.670. The van der Waals surface area contributed by atoms with Crippen molar-refractivity contribution in [2.45, 2.75) is 13.0 Å². The number of fused-ring (bicyclic) bond motifs is 1. The molecule has 3 heteroatoms. The second-order valence-corrected chi connectivity index (χ2v) is 3.93. The minimum atomic E-state index is 0.00303. The molecular formula is C10H9BrO2. The minimum Gasteiger partial charge on any atom is -0.366 e. The van der Waals surface area contributed by atoms with Gasteiger partial charge in [-0.1, -0.05) is 28.1 Å². The molecule has 1 aliphatic heterocycles. The molecule has 1 aromatic rings. The molecule has 0 aliphatic carbocycles. The van der Waals surface area contributed by atoms with Gasteiger partial charge in [0, 0.05) is 15.6 Å². The molecule has 0 N–H and O–H groups in total. The first-order valence-corrected chi connectivity index (χ1v) is 4.92. The van der Waals surface area contributed by atoms with Crippen molar-refractivity contribution in [3.63, 3.8) is 0 Å². The van der Waals surface area contributed by atoms with Gasteiger partial charge < -0.3 is 4.74 Å². The van der Waals surface area contributed by atoms with Crippen LogP contribution < -0.4 is 0 Å². The normalized spacial score (nSPS) is 21.4. The van der Waals surface area contributed by atoms with Crippen molar-refractivity contribution in [3.8, 4) is 0 Å². The molecule has 13 heavy (non-hydrogen) atoms. The summed E-state index contributed by atoms with van der Waals surface area (Å²) in [6, 6.07) is 5.65. The highest BCUT2D eigenvalue weighted by Gasteiger charge is 2.24. The SMILES string of the molecule is CC1OCC(=O)c2cccc(Br)c21. The highest BCUT2D eigenvalue weighted by atomic mass is 79.9. The van der Waals surface area contributed by atoms with Gasteiger partial charge in [-0.05, 0) is 13.0 Å². The zero-order valence-electron chi connectivity index (χ0n) is 7.21. The molecule has 0 saturated carbocycles. The van der Waals surface area contributed by atoms with E-state index in [-0.39, 0.29) is 18.5 Å². The highest BCUT2D eigenvalue weighted by molar-refractivity contribution is 9.10. The number of ketones is 1. The van der Waals surface area contributed by atoms with Crippen LogP contribution >= 0.6 is 15.9 Å². The molecule has 2 nitrogen and oxygen atoms in total. The number of halogens is 1. The summed E-state index contributed by atoms with van der Waals surface area (Å²) in [5, 5.41) is 0.